The van der Waals surface area contributed by atoms with E-state index >= 15 is 0 Å². The Hall–Kier alpha value is -5.38. The molecular formula is C30H31ClN7O12S2+. The van der Waals surface area contributed by atoms with Gasteiger partial charge in [-0.1, -0.05) is 16.8 Å². The van der Waals surface area contributed by atoms with Gasteiger partial charge in [-0.25, -0.2) is 19.4 Å². The van der Waals surface area contributed by atoms with Gasteiger partial charge in [0, 0.05) is 29.5 Å². The predicted octanol–water partition coefficient (Wildman–Crippen LogP) is 0.343. The van der Waals surface area contributed by atoms with Gasteiger partial charge < -0.3 is 51.2 Å². The number of carboxylic acids is 3. The average molecular weight is 781 g/mol. The van der Waals surface area contributed by atoms with E-state index in [0.717, 1.165) is 35.1 Å². The number of thiazole rings is 1. The molecule has 0 radical (unpaired) electrons. The van der Waals surface area contributed by atoms with E-state index in [1.807, 2.05) is 0 Å². The lowest BCUT2D eigenvalue weighted by atomic mass is 10.0. The highest BCUT2D eigenvalue weighted by Gasteiger charge is 2.55. The fraction of sp³-hybridized carbons (Fsp3) is 0.333. The Labute approximate surface area is 306 Å². The van der Waals surface area contributed by atoms with Gasteiger partial charge in [0.1, 0.15) is 29.4 Å². The summed E-state index contributed by atoms with van der Waals surface area (Å²) in [7, 11) is 0. The minimum absolute atomic E-state index is 0.00961. The molecule has 0 spiro atoms. The summed E-state index contributed by atoms with van der Waals surface area (Å²) >= 11 is 8.16. The molecule has 5 rings (SSSR count). The Morgan fingerprint density at radius 1 is 1.15 bits per heavy atom. The number of β-lactam (4-membered cyclic amide) rings is 1. The van der Waals surface area contributed by atoms with E-state index in [2.05, 4.69) is 20.8 Å². The normalized spacial score (nSPS) is 19.8. The molecule has 22 heteroatoms. The average Bonchev–Trinajstić information content (AvgIpc) is 3.74. The molecule has 0 saturated carbocycles. The van der Waals surface area contributed by atoms with Gasteiger partial charge in [-0.3, -0.25) is 19.3 Å². The summed E-state index contributed by atoms with van der Waals surface area (Å²) in [5, 5.41) is 56.8. The number of nitrogens with two attached hydrogens (primary N) is 1. The number of carbonyl (C=O) groups is 6. The zero-order chi connectivity index (χ0) is 37.9. The number of halogens is 1. The van der Waals surface area contributed by atoms with Crippen LogP contribution in [0.3, 0.4) is 0 Å². The van der Waals surface area contributed by atoms with Crippen molar-refractivity contribution < 1.29 is 63.6 Å². The van der Waals surface area contributed by atoms with Crippen LogP contribution in [-0.2, 0) is 28.8 Å². The number of anilines is 1. The van der Waals surface area contributed by atoms with E-state index in [4.69, 9.17) is 27.3 Å². The lowest BCUT2D eigenvalue weighted by molar-refractivity contribution is -0.911. The third-order valence-electron chi connectivity index (χ3n) is 8.47. The van der Waals surface area contributed by atoms with Crippen molar-refractivity contribution in [3.8, 4) is 11.5 Å². The molecule has 1 aromatic heterocycles. The number of hydrogen-bond donors (Lipinski definition) is 8. The second kappa shape index (κ2) is 15.5. The van der Waals surface area contributed by atoms with Crippen LogP contribution in [0.4, 0.5) is 5.13 Å². The minimum Gasteiger partial charge on any atom is -0.504 e. The highest BCUT2D eigenvalue weighted by Crippen LogP contribution is 2.41. The lowest BCUT2D eigenvalue weighted by Crippen LogP contribution is -2.71. The van der Waals surface area contributed by atoms with E-state index in [-0.39, 0.29) is 52.0 Å². The zero-order valence-electron chi connectivity index (χ0n) is 26.8. The minimum atomic E-state index is -1.79. The number of quaternary nitrogens is 1. The number of aromatic nitrogens is 1. The Kier molecular flexibility index (Phi) is 11.3. The van der Waals surface area contributed by atoms with Crippen molar-refractivity contribution in [3.05, 3.63) is 56.9 Å². The number of carbonyl (C=O) groups excluding carboxylic acids is 3. The van der Waals surface area contributed by atoms with Gasteiger partial charge >= 0.3 is 17.9 Å². The first-order valence-corrected chi connectivity index (χ1v) is 17.6. The van der Waals surface area contributed by atoms with Crippen LogP contribution in [0.1, 0.15) is 28.9 Å². The van der Waals surface area contributed by atoms with Gasteiger partial charge in [-0.2, -0.15) is 0 Å². The number of phenols is 2. The Balaban J connectivity index is 1.30. The van der Waals surface area contributed by atoms with Crippen LogP contribution in [0.25, 0.3) is 0 Å². The first-order valence-electron chi connectivity index (χ1n) is 15.3. The van der Waals surface area contributed by atoms with Crippen LogP contribution in [0.15, 0.2) is 45.8 Å². The monoisotopic (exact) mass is 780 g/mol. The molecule has 4 heterocycles. The number of amides is 3. The number of aliphatic carboxylic acids is 3. The number of oxime groups is 1. The van der Waals surface area contributed by atoms with Gasteiger partial charge in [-0.05, 0) is 12.1 Å². The third-order valence-corrected chi connectivity index (χ3v) is 10.9. The molecule has 2 atom stereocenters. The molecule has 0 unspecified atom stereocenters. The number of carboxylic acid groups (broad SMARTS) is 3. The second-order valence-electron chi connectivity index (χ2n) is 11.8. The molecule has 276 valence electrons. The predicted molar refractivity (Wildman–Crippen MR) is 183 cm³/mol. The van der Waals surface area contributed by atoms with Crippen molar-refractivity contribution in [1.29, 1.82) is 0 Å². The number of nitrogens with one attached hydrogen (secondary N) is 2. The van der Waals surface area contributed by atoms with Gasteiger partial charge in [0.15, 0.2) is 22.3 Å². The molecule has 3 aliphatic rings. The Bertz CT molecular complexity index is 1940. The van der Waals surface area contributed by atoms with E-state index in [9.17, 15) is 49.2 Å². The van der Waals surface area contributed by atoms with Gasteiger partial charge in [0.2, 0.25) is 5.76 Å². The van der Waals surface area contributed by atoms with Crippen LogP contribution < -0.4 is 16.4 Å². The number of aromatic hydroxyl groups is 2. The molecule has 19 nitrogen and oxygen atoms in total. The first kappa shape index (κ1) is 37.9. The lowest BCUT2D eigenvalue weighted by Gasteiger charge is -2.50. The number of nitrogens with zero attached hydrogens (tertiary/aromatic N) is 4. The number of nitrogen functional groups attached to an aromatic ring is 1. The standard InChI is InChI=1S/C30H30ClN7O12S2/c31-19-14(3-4-16(39)23(19)42)24(43)33-5-8-38(6-1-2-7-38)10-13-11-51-27-21(26(45)37(27)22(13)29(48)49)35-25(44)20(15-12-52-30(32)34-15)36-50-17(28(46)47)9-18(40)41/h3-4,9,12,21,27H,1-2,5-8,10-11H2,(H8-,32,33,34,35,36,39,40,41,42,43,44,46,47,48,49)/p+1/b17-9+/t21-,27-/m1/s1. The van der Waals surface area contributed by atoms with Crippen molar-refractivity contribution >= 4 is 81.2 Å². The molecule has 0 bridgehead atoms. The van der Waals surface area contributed by atoms with Gasteiger partial charge in [0.25, 0.3) is 17.7 Å². The van der Waals surface area contributed by atoms with E-state index in [0.29, 0.717) is 29.7 Å². The quantitative estimate of drug-likeness (QED) is 0.0244. The van der Waals surface area contributed by atoms with Crippen molar-refractivity contribution in [2.24, 2.45) is 5.16 Å². The molecule has 3 amide bonds. The SMILES string of the molecule is Nc1nc(/C(=N/O/C(=C/C(=O)O)C(=O)O)C(=O)N[C@@H]2C(=O)N3C(C(=O)O)=C(C[N+]4(CCNC(=O)c5ccc(O)c(O)c5Cl)CCCC4)CS[C@H]23)cs1. The highest BCUT2D eigenvalue weighted by atomic mass is 35.5. The summed E-state index contributed by atoms with van der Waals surface area (Å²) in [6.45, 7) is 2.24. The van der Waals surface area contributed by atoms with Crippen molar-refractivity contribution in [2.75, 3.05) is 44.2 Å². The maximum absolute atomic E-state index is 13.4. The fourth-order valence-electron chi connectivity index (χ4n) is 6.05. The Morgan fingerprint density at radius 3 is 2.48 bits per heavy atom. The van der Waals surface area contributed by atoms with Crippen LogP contribution >= 0.6 is 34.7 Å². The van der Waals surface area contributed by atoms with Crippen molar-refractivity contribution in [3.63, 3.8) is 0 Å². The largest absolute Gasteiger partial charge is 0.504 e. The van der Waals surface area contributed by atoms with E-state index < -0.39 is 70.0 Å². The highest BCUT2D eigenvalue weighted by molar-refractivity contribution is 8.00. The summed E-state index contributed by atoms with van der Waals surface area (Å²) < 4.78 is 0.430. The number of fused-ring (bicyclic) bond motifs is 1. The number of likely N-dealkylation sites (tertiary alicyclic amines) is 1. The number of thioether (sulfide) groups is 1. The number of hydrogen-bond acceptors (Lipinski definition) is 14. The second-order valence-corrected chi connectivity index (χ2v) is 14.2. The topological polar surface area (TPSA) is 291 Å². The molecule has 2 fully saturated rings. The van der Waals surface area contributed by atoms with Crippen LogP contribution in [-0.4, -0.2) is 131 Å². The van der Waals surface area contributed by atoms with Crippen LogP contribution in [0.5, 0.6) is 11.5 Å². The molecular weight excluding hydrogens is 750 g/mol. The van der Waals surface area contributed by atoms with Gasteiger partial charge in [-0.15, -0.1) is 23.1 Å². The first-order chi connectivity index (χ1) is 24.6. The molecule has 2 saturated heterocycles. The zero-order valence-corrected chi connectivity index (χ0v) is 29.2. The summed E-state index contributed by atoms with van der Waals surface area (Å²) in [5.74, 6) is -9.16. The van der Waals surface area contributed by atoms with Crippen LogP contribution in [0, 0.1) is 0 Å². The Morgan fingerprint density at radius 2 is 1.87 bits per heavy atom. The van der Waals surface area contributed by atoms with E-state index in [1.54, 1.807) is 0 Å². The maximum atomic E-state index is 13.4. The smallest absolute Gasteiger partial charge is 0.374 e. The van der Waals surface area contributed by atoms with Crippen molar-refractivity contribution in [2.45, 2.75) is 24.3 Å². The molecule has 52 heavy (non-hydrogen) atoms. The fourth-order valence-corrected chi connectivity index (χ4v) is 8.18. The maximum Gasteiger partial charge on any atom is 0.374 e. The van der Waals surface area contributed by atoms with Gasteiger partial charge in [0.05, 0.1) is 42.8 Å². The summed E-state index contributed by atoms with van der Waals surface area (Å²) in [4.78, 5) is 84.4. The van der Waals surface area contributed by atoms with E-state index in [1.165, 1.54) is 23.2 Å². The summed E-state index contributed by atoms with van der Waals surface area (Å²) in [5.41, 5.74) is 5.14. The molecule has 2 aromatic rings. The number of benzene rings is 1. The molecule has 3 aliphatic heterocycles. The van der Waals surface area contributed by atoms with Crippen LogP contribution in [0.2, 0.25) is 5.02 Å². The third kappa shape index (κ3) is 7.91. The molecule has 9 N–H and O–H groups in total. The summed E-state index contributed by atoms with van der Waals surface area (Å²) in [6, 6.07) is 1.19. The number of phenolic OH excluding ortho intramolecular Hbond substituents is 2. The summed E-state index contributed by atoms with van der Waals surface area (Å²) in [6.07, 6.45) is 1.92. The number of rotatable bonds is 14. The molecule has 1 aromatic carbocycles. The van der Waals surface area contributed by atoms with Crippen molar-refractivity contribution in [1.82, 2.24) is 20.5 Å². The molecule has 0 aliphatic carbocycles.